The number of hydrogen-bond donors (Lipinski definition) is 0. The summed E-state index contributed by atoms with van der Waals surface area (Å²) in [7, 11) is -4.55. The third-order valence-electron chi connectivity index (χ3n) is 1.40. The van der Waals surface area contributed by atoms with Crippen molar-refractivity contribution in [2.75, 3.05) is 0 Å². The molecule has 1 aromatic rings. The first-order valence-corrected chi connectivity index (χ1v) is 5.15. The Morgan fingerprint density at radius 3 is 2.25 bits per heavy atom. The second kappa shape index (κ2) is 5.69. The van der Waals surface area contributed by atoms with Crippen molar-refractivity contribution in [3.05, 3.63) is 34.4 Å². The van der Waals surface area contributed by atoms with Gasteiger partial charge in [-0.15, -0.1) is 0 Å². The van der Waals surface area contributed by atoms with Gasteiger partial charge < -0.3 is 9.42 Å². The van der Waals surface area contributed by atoms with Gasteiger partial charge in [-0.05, 0) is 12.1 Å². The van der Waals surface area contributed by atoms with Crippen LogP contribution in [0.25, 0.3) is 0 Å². The molecule has 9 heteroatoms. The molecule has 0 N–H and O–H groups in total. The fourth-order valence-corrected chi connectivity index (χ4v) is 1.23. The first-order valence-electron chi connectivity index (χ1n) is 3.61. The van der Waals surface area contributed by atoms with Crippen molar-refractivity contribution in [1.29, 1.82) is 5.26 Å². The Kier molecular flexibility index (Phi) is 5.23. The molecule has 0 saturated carbocycles. The monoisotopic (exact) mass is 234 g/mol. The molecule has 0 aromatic heterocycles. The molecule has 1 atom stereocenters. The zero-order chi connectivity index (χ0) is 11.5. The van der Waals surface area contributed by atoms with E-state index in [1.54, 1.807) is 0 Å². The summed E-state index contributed by atoms with van der Waals surface area (Å²) in [5.41, 5.74) is -0.194. The van der Waals surface area contributed by atoms with Crippen LogP contribution in [0.15, 0.2) is 24.3 Å². The number of nitrogens with zero attached hydrogens (tertiary/aromatic N) is 2. The van der Waals surface area contributed by atoms with Crippen LogP contribution in [0.3, 0.4) is 0 Å². The van der Waals surface area contributed by atoms with Gasteiger partial charge in [0.1, 0.15) is 5.75 Å². The zero-order valence-electron chi connectivity index (χ0n) is 8.19. The van der Waals surface area contributed by atoms with E-state index in [0.717, 1.165) is 30.1 Å². The Hall–Kier alpha value is -1.30. The molecule has 1 aromatic carbocycles. The summed E-state index contributed by atoms with van der Waals surface area (Å²) < 4.78 is 15.0. The van der Waals surface area contributed by atoms with E-state index in [4.69, 9.17) is 5.26 Å². The summed E-state index contributed by atoms with van der Waals surface area (Å²) in [4.78, 5) is 20.3. The van der Waals surface area contributed by atoms with Crippen LogP contribution >= 0.6 is 7.60 Å². The maximum atomic E-state index is 10.7. The van der Waals surface area contributed by atoms with Crippen molar-refractivity contribution < 1.29 is 37.8 Å². The molecular weight excluding hydrogens is 230 g/mol. The summed E-state index contributed by atoms with van der Waals surface area (Å²) in [6.07, 6.45) is 0. The number of hydrogen-bond acceptors (Lipinski definition) is 6. The SMILES string of the molecule is N#CP(=O)([O-])Oc1ccc([N+](=O)[O-])cc1.[Li+]. The van der Waals surface area contributed by atoms with Gasteiger partial charge in [0.05, 0.1) is 4.92 Å². The average molecular weight is 234 g/mol. The van der Waals surface area contributed by atoms with Gasteiger partial charge in [0.15, 0.2) is 5.81 Å². The van der Waals surface area contributed by atoms with Crippen molar-refractivity contribution in [3.8, 4) is 11.6 Å². The van der Waals surface area contributed by atoms with E-state index < -0.39 is 12.5 Å². The first kappa shape index (κ1) is 14.7. The molecule has 0 amide bonds. The van der Waals surface area contributed by atoms with Crippen LogP contribution in [-0.4, -0.2) is 4.92 Å². The maximum Gasteiger partial charge on any atom is 1.00 e. The summed E-state index contributed by atoms with van der Waals surface area (Å²) in [6.45, 7) is 0. The van der Waals surface area contributed by atoms with Crippen molar-refractivity contribution in [2.24, 2.45) is 0 Å². The molecule has 1 unspecified atom stereocenters. The van der Waals surface area contributed by atoms with Crippen LogP contribution in [-0.2, 0) is 4.57 Å². The molecule has 0 heterocycles. The minimum absolute atomic E-state index is 0. The molecule has 1 rings (SSSR count). The van der Waals surface area contributed by atoms with E-state index in [1.807, 2.05) is 0 Å². The van der Waals surface area contributed by atoms with Crippen molar-refractivity contribution >= 4 is 13.3 Å². The molecule has 0 aliphatic carbocycles. The molecule has 16 heavy (non-hydrogen) atoms. The molecule has 0 aliphatic heterocycles. The molecule has 0 aliphatic rings. The molecular formula is C7H4LiN2O5P. The van der Waals surface area contributed by atoms with Crippen molar-refractivity contribution in [3.63, 3.8) is 0 Å². The standard InChI is InChI=1S/C7H5N2O5P.Li/c8-5-15(12,13)14-7-3-1-6(2-4-7)9(10)11;/h1-4H,(H,12,13);/q;+1/p-1. The van der Waals surface area contributed by atoms with E-state index >= 15 is 0 Å². The normalized spacial score (nSPS) is 12.8. The number of non-ortho nitro benzene ring substituents is 1. The minimum Gasteiger partial charge on any atom is -0.758 e. The molecule has 78 valence electrons. The van der Waals surface area contributed by atoms with E-state index in [2.05, 4.69) is 4.52 Å². The fraction of sp³-hybridized carbons (Fsp3) is 0. The van der Waals surface area contributed by atoms with Crippen molar-refractivity contribution in [2.45, 2.75) is 0 Å². The third kappa shape index (κ3) is 4.06. The van der Waals surface area contributed by atoms with Gasteiger partial charge in [0.25, 0.3) is 13.3 Å². The molecule has 0 radical (unpaired) electrons. The maximum absolute atomic E-state index is 10.7. The van der Waals surface area contributed by atoms with Crippen LogP contribution in [0.4, 0.5) is 5.69 Å². The number of benzene rings is 1. The topological polar surface area (TPSA) is 116 Å². The molecule has 0 saturated heterocycles. The van der Waals surface area contributed by atoms with Crippen LogP contribution in [0.1, 0.15) is 0 Å². The van der Waals surface area contributed by atoms with Crippen LogP contribution in [0.5, 0.6) is 5.75 Å². The second-order valence-corrected chi connectivity index (χ2v) is 3.82. The Morgan fingerprint density at radius 2 is 1.88 bits per heavy atom. The Balaban J connectivity index is 0.00000225. The van der Waals surface area contributed by atoms with E-state index in [0.29, 0.717) is 0 Å². The van der Waals surface area contributed by atoms with E-state index in [9.17, 15) is 19.6 Å². The van der Waals surface area contributed by atoms with Gasteiger partial charge in [-0.3, -0.25) is 14.7 Å². The Morgan fingerprint density at radius 1 is 1.38 bits per heavy atom. The predicted molar refractivity (Wildman–Crippen MR) is 46.9 cm³/mol. The number of nitro benzene ring substituents is 1. The van der Waals surface area contributed by atoms with Gasteiger partial charge in [0.2, 0.25) is 0 Å². The Labute approximate surface area is 103 Å². The first-order chi connectivity index (χ1) is 6.94. The summed E-state index contributed by atoms with van der Waals surface area (Å²) in [5.74, 6) is 0.833. The van der Waals surface area contributed by atoms with Crippen LogP contribution in [0.2, 0.25) is 0 Å². The largest absolute Gasteiger partial charge is 1.00 e. The molecule has 0 bridgehead atoms. The van der Waals surface area contributed by atoms with Gasteiger partial charge in [-0.25, -0.2) is 0 Å². The average Bonchev–Trinajstić information content (AvgIpc) is 2.18. The number of nitro groups is 1. The van der Waals surface area contributed by atoms with E-state index in [1.165, 1.54) is 0 Å². The number of rotatable bonds is 3. The smallest absolute Gasteiger partial charge is 0.758 e. The minimum atomic E-state index is -4.55. The molecule has 0 fully saturated rings. The predicted octanol–water partition coefficient (Wildman–Crippen LogP) is -1.99. The quantitative estimate of drug-likeness (QED) is 0.258. The number of nitriles is 1. The fourth-order valence-electron chi connectivity index (χ4n) is 0.788. The van der Waals surface area contributed by atoms with Crippen LogP contribution in [0, 0.1) is 21.2 Å². The summed E-state index contributed by atoms with van der Waals surface area (Å²) in [6, 6.07) is 4.35. The molecule has 0 spiro atoms. The molecule has 7 nitrogen and oxygen atoms in total. The van der Waals surface area contributed by atoms with Crippen LogP contribution < -0.4 is 28.3 Å². The second-order valence-electron chi connectivity index (χ2n) is 2.44. The third-order valence-corrected chi connectivity index (χ3v) is 2.09. The van der Waals surface area contributed by atoms with E-state index in [-0.39, 0.29) is 30.3 Å². The van der Waals surface area contributed by atoms with Gasteiger partial charge in [-0.2, -0.15) is 5.26 Å². The zero-order valence-corrected chi connectivity index (χ0v) is 9.09. The van der Waals surface area contributed by atoms with Gasteiger partial charge >= 0.3 is 18.9 Å². The summed E-state index contributed by atoms with van der Waals surface area (Å²) >= 11 is 0. The summed E-state index contributed by atoms with van der Waals surface area (Å²) in [5, 5.41) is 18.4. The Bertz CT molecular complexity index is 469. The van der Waals surface area contributed by atoms with Crippen molar-refractivity contribution in [1.82, 2.24) is 0 Å². The van der Waals surface area contributed by atoms with Gasteiger partial charge in [0, 0.05) is 12.1 Å². The van der Waals surface area contributed by atoms with Gasteiger partial charge in [-0.1, -0.05) is 0 Å².